The molecule has 0 fully saturated rings. The number of rotatable bonds is 5. The third-order valence-corrected chi connectivity index (χ3v) is 3.52. The van der Waals surface area contributed by atoms with Gasteiger partial charge in [-0.1, -0.05) is 0 Å². The zero-order valence-electron chi connectivity index (χ0n) is 12.5. The minimum Gasteiger partial charge on any atom is -0.493 e. The van der Waals surface area contributed by atoms with E-state index in [4.69, 9.17) is 9.47 Å². The molecule has 0 aliphatic carbocycles. The summed E-state index contributed by atoms with van der Waals surface area (Å²) in [5, 5.41) is 9.38. The van der Waals surface area contributed by atoms with Gasteiger partial charge in [-0.05, 0) is 12.1 Å². The van der Waals surface area contributed by atoms with E-state index in [2.05, 4.69) is 9.97 Å². The lowest BCUT2D eigenvalue weighted by molar-refractivity contribution is 0.278. The number of benzene rings is 1. The zero-order chi connectivity index (χ0) is 15.5. The van der Waals surface area contributed by atoms with E-state index in [-0.39, 0.29) is 6.61 Å². The Labute approximate surface area is 128 Å². The SMILES string of the molecule is COc1cc2nc(-c3ccncc3)n(CCO)c2cc1OC. The molecule has 0 saturated heterocycles. The summed E-state index contributed by atoms with van der Waals surface area (Å²) in [6, 6.07) is 7.50. The molecule has 0 bridgehead atoms. The van der Waals surface area contributed by atoms with Gasteiger partial charge in [-0.25, -0.2) is 4.98 Å². The average molecular weight is 299 g/mol. The van der Waals surface area contributed by atoms with Crippen molar-refractivity contribution in [2.24, 2.45) is 0 Å². The van der Waals surface area contributed by atoms with Crippen LogP contribution >= 0.6 is 0 Å². The third-order valence-electron chi connectivity index (χ3n) is 3.52. The quantitative estimate of drug-likeness (QED) is 0.781. The summed E-state index contributed by atoms with van der Waals surface area (Å²) in [4.78, 5) is 8.70. The molecule has 22 heavy (non-hydrogen) atoms. The van der Waals surface area contributed by atoms with E-state index in [0.29, 0.717) is 18.0 Å². The van der Waals surface area contributed by atoms with Gasteiger partial charge >= 0.3 is 0 Å². The van der Waals surface area contributed by atoms with Crippen LogP contribution in [0.3, 0.4) is 0 Å². The first-order valence-electron chi connectivity index (χ1n) is 6.92. The molecule has 1 aromatic carbocycles. The second kappa shape index (κ2) is 6.03. The molecule has 2 heterocycles. The van der Waals surface area contributed by atoms with E-state index in [1.54, 1.807) is 26.6 Å². The largest absolute Gasteiger partial charge is 0.493 e. The summed E-state index contributed by atoms with van der Waals surface area (Å²) in [5.41, 5.74) is 2.62. The molecule has 0 aliphatic heterocycles. The van der Waals surface area contributed by atoms with Gasteiger partial charge in [0.1, 0.15) is 5.82 Å². The van der Waals surface area contributed by atoms with Crippen LogP contribution in [0.2, 0.25) is 0 Å². The van der Waals surface area contributed by atoms with Gasteiger partial charge in [0.15, 0.2) is 11.5 Å². The standard InChI is InChI=1S/C16H17N3O3/c1-21-14-9-12-13(10-15(14)22-2)19(7-8-20)16(18-12)11-3-5-17-6-4-11/h3-6,9-10,20H,7-8H2,1-2H3. The van der Waals surface area contributed by atoms with E-state index < -0.39 is 0 Å². The van der Waals surface area contributed by atoms with Gasteiger partial charge < -0.3 is 19.1 Å². The maximum Gasteiger partial charge on any atom is 0.163 e. The first-order chi connectivity index (χ1) is 10.8. The lowest BCUT2D eigenvalue weighted by Crippen LogP contribution is -2.04. The summed E-state index contributed by atoms with van der Waals surface area (Å²) in [5.74, 6) is 2.04. The van der Waals surface area contributed by atoms with Crippen LogP contribution in [0.4, 0.5) is 0 Å². The van der Waals surface area contributed by atoms with Crippen LogP contribution in [0.25, 0.3) is 22.4 Å². The van der Waals surface area contributed by atoms with Crippen LogP contribution in [-0.4, -0.2) is 40.5 Å². The lowest BCUT2D eigenvalue weighted by Gasteiger charge is -2.09. The molecule has 0 saturated carbocycles. The van der Waals surface area contributed by atoms with Gasteiger partial charge in [0, 0.05) is 36.6 Å². The van der Waals surface area contributed by atoms with Gasteiger partial charge in [0.25, 0.3) is 0 Å². The van der Waals surface area contributed by atoms with Crippen LogP contribution in [0.1, 0.15) is 0 Å². The van der Waals surface area contributed by atoms with E-state index in [0.717, 1.165) is 22.4 Å². The zero-order valence-corrected chi connectivity index (χ0v) is 12.5. The van der Waals surface area contributed by atoms with Crippen LogP contribution in [0, 0.1) is 0 Å². The predicted molar refractivity (Wildman–Crippen MR) is 83.2 cm³/mol. The molecule has 0 unspecified atom stereocenters. The Kier molecular flexibility index (Phi) is 3.93. The minimum absolute atomic E-state index is 0.0257. The van der Waals surface area contributed by atoms with Gasteiger partial charge in [-0.15, -0.1) is 0 Å². The first kappa shape index (κ1) is 14.3. The van der Waals surface area contributed by atoms with Crippen molar-refractivity contribution in [3.05, 3.63) is 36.7 Å². The van der Waals surface area contributed by atoms with Crippen LogP contribution in [0.5, 0.6) is 11.5 Å². The van der Waals surface area contributed by atoms with Gasteiger partial charge in [0.05, 0.1) is 31.9 Å². The van der Waals surface area contributed by atoms with Crippen LogP contribution in [0.15, 0.2) is 36.7 Å². The van der Waals surface area contributed by atoms with Crippen LogP contribution in [-0.2, 0) is 6.54 Å². The number of ether oxygens (including phenoxy) is 2. The van der Waals surface area contributed by atoms with Crippen LogP contribution < -0.4 is 9.47 Å². The van der Waals surface area contributed by atoms with Crippen molar-refractivity contribution >= 4 is 11.0 Å². The summed E-state index contributed by atoms with van der Waals surface area (Å²) < 4.78 is 12.6. The number of aromatic nitrogens is 3. The van der Waals surface area contributed by atoms with Crippen molar-refractivity contribution in [3.8, 4) is 22.9 Å². The second-order valence-electron chi connectivity index (χ2n) is 4.74. The number of pyridine rings is 1. The molecule has 3 aromatic rings. The second-order valence-corrected chi connectivity index (χ2v) is 4.74. The van der Waals surface area contributed by atoms with Gasteiger partial charge in [-0.3, -0.25) is 4.98 Å². The Morgan fingerprint density at radius 3 is 2.41 bits per heavy atom. The highest BCUT2D eigenvalue weighted by Gasteiger charge is 2.16. The molecule has 114 valence electrons. The van der Waals surface area contributed by atoms with Crippen molar-refractivity contribution in [1.29, 1.82) is 0 Å². The third kappa shape index (κ3) is 2.37. The highest BCUT2D eigenvalue weighted by molar-refractivity contribution is 5.84. The minimum atomic E-state index is 0.0257. The maximum absolute atomic E-state index is 9.38. The average Bonchev–Trinajstić information content (AvgIpc) is 2.92. The lowest BCUT2D eigenvalue weighted by atomic mass is 10.2. The van der Waals surface area contributed by atoms with Gasteiger partial charge in [-0.2, -0.15) is 0 Å². The fraction of sp³-hybridized carbons (Fsp3) is 0.250. The number of methoxy groups -OCH3 is 2. The Balaban J connectivity index is 2.26. The van der Waals surface area contributed by atoms with Crippen molar-refractivity contribution < 1.29 is 14.6 Å². The molecule has 0 amide bonds. The van der Waals surface area contributed by atoms with E-state index in [1.807, 2.05) is 28.8 Å². The molecule has 0 spiro atoms. The molecule has 6 nitrogen and oxygen atoms in total. The molecular formula is C16H17N3O3. The molecule has 2 aromatic heterocycles. The summed E-state index contributed by atoms with van der Waals surface area (Å²) in [6.07, 6.45) is 3.44. The smallest absolute Gasteiger partial charge is 0.163 e. The number of aliphatic hydroxyl groups excluding tert-OH is 1. The van der Waals surface area contributed by atoms with Crippen molar-refractivity contribution in [3.63, 3.8) is 0 Å². The molecule has 0 radical (unpaired) electrons. The highest BCUT2D eigenvalue weighted by atomic mass is 16.5. The highest BCUT2D eigenvalue weighted by Crippen LogP contribution is 2.34. The predicted octanol–water partition coefficient (Wildman–Crippen LogP) is 2.11. The number of hydrogen-bond donors (Lipinski definition) is 1. The fourth-order valence-electron chi connectivity index (χ4n) is 2.50. The number of aliphatic hydroxyl groups is 1. The summed E-state index contributed by atoms with van der Waals surface area (Å²) in [6.45, 7) is 0.474. The monoisotopic (exact) mass is 299 g/mol. The molecule has 6 heteroatoms. The summed E-state index contributed by atoms with van der Waals surface area (Å²) in [7, 11) is 3.19. The molecule has 1 N–H and O–H groups in total. The Bertz CT molecular complexity index is 784. The number of imidazole rings is 1. The maximum atomic E-state index is 9.38. The first-order valence-corrected chi connectivity index (χ1v) is 6.92. The van der Waals surface area contributed by atoms with Crippen molar-refractivity contribution in [2.45, 2.75) is 6.54 Å². The topological polar surface area (TPSA) is 69.4 Å². The molecular weight excluding hydrogens is 282 g/mol. The normalized spacial score (nSPS) is 10.9. The summed E-state index contributed by atoms with van der Waals surface area (Å²) >= 11 is 0. The van der Waals surface area contributed by atoms with Crippen molar-refractivity contribution in [2.75, 3.05) is 20.8 Å². The Morgan fingerprint density at radius 2 is 1.77 bits per heavy atom. The number of hydrogen-bond acceptors (Lipinski definition) is 5. The molecule has 3 rings (SSSR count). The van der Waals surface area contributed by atoms with E-state index in [1.165, 1.54) is 0 Å². The Morgan fingerprint density at radius 1 is 1.09 bits per heavy atom. The van der Waals surface area contributed by atoms with Crippen molar-refractivity contribution in [1.82, 2.24) is 14.5 Å². The number of fused-ring (bicyclic) bond motifs is 1. The molecule has 0 atom stereocenters. The fourth-order valence-corrected chi connectivity index (χ4v) is 2.50. The molecule has 0 aliphatic rings. The van der Waals surface area contributed by atoms with E-state index >= 15 is 0 Å². The van der Waals surface area contributed by atoms with Gasteiger partial charge in [0.2, 0.25) is 0 Å². The number of nitrogens with zero attached hydrogens (tertiary/aromatic N) is 3. The van der Waals surface area contributed by atoms with E-state index in [9.17, 15) is 5.11 Å². The Hall–Kier alpha value is -2.60.